The van der Waals surface area contributed by atoms with Crippen molar-refractivity contribution in [3.05, 3.63) is 70.5 Å². The minimum Gasteiger partial charge on any atom is -0.506 e. The molecule has 38 heavy (non-hydrogen) atoms. The summed E-state index contributed by atoms with van der Waals surface area (Å²) in [6, 6.07) is 14.7. The van der Waals surface area contributed by atoms with Crippen LogP contribution in [0.3, 0.4) is 0 Å². The SMILES string of the molecule is COc1ccc(N(C)C(=O)c2c(O)c3cc(OC)c(OC)cc3n(-c3ccc(OC)c(OC)c3)c2=O)cc1. The predicted molar refractivity (Wildman–Crippen MR) is 143 cm³/mol. The summed E-state index contributed by atoms with van der Waals surface area (Å²) < 4.78 is 28.1. The van der Waals surface area contributed by atoms with E-state index in [9.17, 15) is 14.7 Å². The number of carbonyl (C=O) groups excluding carboxylic acids is 1. The van der Waals surface area contributed by atoms with Crippen LogP contribution in [0.4, 0.5) is 5.69 Å². The lowest BCUT2D eigenvalue weighted by atomic mass is 10.1. The Morgan fingerprint density at radius 2 is 1.34 bits per heavy atom. The molecule has 1 amide bonds. The van der Waals surface area contributed by atoms with Gasteiger partial charge in [0.1, 0.15) is 17.1 Å². The Hall–Kier alpha value is -4.86. The lowest BCUT2D eigenvalue weighted by Crippen LogP contribution is -2.34. The third-order valence-electron chi connectivity index (χ3n) is 6.26. The van der Waals surface area contributed by atoms with Crippen molar-refractivity contribution in [1.29, 1.82) is 0 Å². The molecular formula is C28H28N2O8. The molecule has 0 bridgehead atoms. The number of rotatable bonds is 8. The molecule has 1 heterocycles. The number of benzene rings is 3. The zero-order valence-electron chi connectivity index (χ0n) is 21.9. The molecule has 0 saturated heterocycles. The second kappa shape index (κ2) is 10.6. The van der Waals surface area contributed by atoms with Gasteiger partial charge in [-0.3, -0.25) is 14.2 Å². The van der Waals surface area contributed by atoms with Gasteiger partial charge in [0, 0.05) is 30.3 Å². The van der Waals surface area contributed by atoms with E-state index in [1.54, 1.807) is 48.5 Å². The summed E-state index contributed by atoms with van der Waals surface area (Å²) in [6.45, 7) is 0. The number of carbonyl (C=O) groups is 1. The maximum atomic E-state index is 14.0. The van der Waals surface area contributed by atoms with Gasteiger partial charge >= 0.3 is 0 Å². The quantitative estimate of drug-likeness (QED) is 0.371. The molecule has 0 aliphatic heterocycles. The predicted octanol–water partition coefficient (Wildman–Crippen LogP) is 4.02. The lowest BCUT2D eigenvalue weighted by molar-refractivity contribution is 0.0989. The number of aromatic hydroxyl groups is 1. The van der Waals surface area contributed by atoms with Gasteiger partial charge in [-0.15, -0.1) is 0 Å². The molecular weight excluding hydrogens is 492 g/mol. The van der Waals surface area contributed by atoms with Crippen LogP contribution < -0.4 is 34.1 Å². The smallest absolute Gasteiger partial charge is 0.272 e. The third-order valence-corrected chi connectivity index (χ3v) is 6.26. The van der Waals surface area contributed by atoms with Gasteiger partial charge in [-0.05, 0) is 42.5 Å². The first-order chi connectivity index (χ1) is 18.3. The number of hydrogen-bond acceptors (Lipinski definition) is 8. The maximum absolute atomic E-state index is 14.0. The van der Waals surface area contributed by atoms with Gasteiger partial charge in [0.05, 0.1) is 46.8 Å². The highest BCUT2D eigenvalue weighted by molar-refractivity contribution is 6.10. The van der Waals surface area contributed by atoms with Crippen LogP contribution in [-0.2, 0) is 0 Å². The highest BCUT2D eigenvalue weighted by atomic mass is 16.5. The minimum absolute atomic E-state index is 0.212. The molecule has 198 valence electrons. The second-order valence-electron chi connectivity index (χ2n) is 8.19. The molecule has 0 unspecified atom stereocenters. The summed E-state index contributed by atoms with van der Waals surface area (Å²) in [7, 11) is 8.95. The Bertz CT molecular complexity index is 1560. The molecule has 0 atom stereocenters. The summed E-state index contributed by atoms with van der Waals surface area (Å²) >= 11 is 0. The topological polar surface area (TPSA) is 109 Å². The van der Waals surface area contributed by atoms with Crippen LogP contribution in [0.1, 0.15) is 10.4 Å². The molecule has 10 nitrogen and oxygen atoms in total. The van der Waals surface area contributed by atoms with Gasteiger partial charge in [0.25, 0.3) is 11.5 Å². The van der Waals surface area contributed by atoms with Gasteiger partial charge in [-0.1, -0.05) is 0 Å². The van der Waals surface area contributed by atoms with Crippen molar-refractivity contribution in [3.8, 4) is 40.2 Å². The molecule has 0 fully saturated rings. The highest BCUT2D eigenvalue weighted by Gasteiger charge is 2.27. The first-order valence-electron chi connectivity index (χ1n) is 11.5. The third kappa shape index (κ3) is 4.40. The van der Waals surface area contributed by atoms with Crippen LogP contribution in [0.25, 0.3) is 16.6 Å². The number of nitrogens with zero attached hydrogens (tertiary/aromatic N) is 2. The largest absolute Gasteiger partial charge is 0.506 e. The Kier molecular flexibility index (Phi) is 7.33. The van der Waals surface area contributed by atoms with Gasteiger partial charge in [0.15, 0.2) is 23.0 Å². The number of ether oxygens (including phenoxy) is 5. The van der Waals surface area contributed by atoms with Gasteiger partial charge in [-0.2, -0.15) is 0 Å². The zero-order chi connectivity index (χ0) is 27.6. The van der Waals surface area contributed by atoms with Crippen molar-refractivity contribution in [1.82, 2.24) is 4.57 Å². The summed E-state index contributed by atoms with van der Waals surface area (Å²) in [5.41, 5.74) is 0.0179. The average Bonchev–Trinajstić information content (AvgIpc) is 2.95. The lowest BCUT2D eigenvalue weighted by Gasteiger charge is -2.21. The van der Waals surface area contributed by atoms with E-state index in [-0.39, 0.29) is 5.39 Å². The molecule has 0 aliphatic carbocycles. The van der Waals surface area contributed by atoms with Crippen LogP contribution in [0.2, 0.25) is 0 Å². The molecule has 0 radical (unpaired) electrons. The van der Waals surface area contributed by atoms with Gasteiger partial charge in [-0.25, -0.2) is 0 Å². The molecule has 1 aromatic heterocycles. The van der Waals surface area contributed by atoms with E-state index in [1.807, 2.05) is 0 Å². The molecule has 1 N–H and O–H groups in total. The number of aromatic nitrogens is 1. The van der Waals surface area contributed by atoms with E-state index in [2.05, 4.69) is 0 Å². The van der Waals surface area contributed by atoms with E-state index in [0.29, 0.717) is 45.6 Å². The molecule has 10 heteroatoms. The van der Waals surface area contributed by atoms with Crippen molar-refractivity contribution >= 4 is 22.5 Å². The fraction of sp³-hybridized carbons (Fsp3) is 0.214. The van der Waals surface area contributed by atoms with Crippen LogP contribution in [0, 0.1) is 0 Å². The molecule has 0 saturated carbocycles. The molecule has 4 aromatic rings. The Morgan fingerprint density at radius 1 is 0.763 bits per heavy atom. The summed E-state index contributed by atoms with van der Waals surface area (Å²) in [5, 5.41) is 11.5. The van der Waals surface area contributed by atoms with Crippen molar-refractivity contribution in [3.63, 3.8) is 0 Å². The summed E-state index contributed by atoms with van der Waals surface area (Å²) in [5.74, 6) is 0.915. The second-order valence-corrected chi connectivity index (χ2v) is 8.19. The van der Waals surface area contributed by atoms with Crippen LogP contribution in [0.5, 0.6) is 34.5 Å². The van der Waals surface area contributed by atoms with E-state index in [0.717, 1.165) is 0 Å². The number of pyridine rings is 1. The minimum atomic E-state index is -0.736. The first-order valence-corrected chi connectivity index (χ1v) is 11.5. The van der Waals surface area contributed by atoms with Crippen molar-refractivity contribution < 1.29 is 33.6 Å². The first kappa shape index (κ1) is 26.2. The number of hydrogen-bond donors (Lipinski definition) is 1. The van der Waals surface area contributed by atoms with E-state index < -0.39 is 22.8 Å². The van der Waals surface area contributed by atoms with Gasteiger partial charge < -0.3 is 33.7 Å². The standard InChI is InChI=1S/C28H28N2O8/c1-29(16-7-10-18(34-2)11-8-16)27(32)25-26(31)19-14-23(37-5)24(38-6)15-20(19)30(28(25)33)17-9-12-21(35-3)22(13-17)36-4/h7-15,31H,1-6H3. The molecule has 0 spiro atoms. The normalized spacial score (nSPS) is 10.7. The number of amides is 1. The van der Waals surface area contributed by atoms with E-state index in [1.165, 1.54) is 58.1 Å². The summed E-state index contributed by atoms with van der Waals surface area (Å²) in [4.78, 5) is 29.0. The average molecular weight is 521 g/mol. The van der Waals surface area contributed by atoms with Gasteiger partial charge in [0.2, 0.25) is 0 Å². The van der Waals surface area contributed by atoms with Crippen molar-refractivity contribution in [2.75, 3.05) is 47.5 Å². The monoisotopic (exact) mass is 520 g/mol. The summed E-state index contributed by atoms with van der Waals surface area (Å²) in [6.07, 6.45) is 0. The number of anilines is 1. The molecule has 4 rings (SSSR count). The Labute approximate surface area is 219 Å². The molecule has 0 aliphatic rings. The van der Waals surface area contributed by atoms with Crippen LogP contribution >= 0.6 is 0 Å². The van der Waals surface area contributed by atoms with E-state index >= 15 is 0 Å². The zero-order valence-corrected chi connectivity index (χ0v) is 21.9. The fourth-order valence-corrected chi connectivity index (χ4v) is 4.20. The Balaban J connectivity index is 2.03. The number of fused-ring (bicyclic) bond motifs is 1. The van der Waals surface area contributed by atoms with E-state index in [4.69, 9.17) is 23.7 Å². The van der Waals surface area contributed by atoms with Crippen LogP contribution in [-0.4, -0.2) is 58.2 Å². The fourth-order valence-electron chi connectivity index (χ4n) is 4.20. The van der Waals surface area contributed by atoms with Crippen LogP contribution in [0.15, 0.2) is 59.4 Å². The maximum Gasteiger partial charge on any atom is 0.272 e. The van der Waals surface area contributed by atoms with Crippen molar-refractivity contribution in [2.24, 2.45) is 0 Å². The number of methoxy groups -OCH3 is 5. The molecule has 3 aromatic carbocycles. The van der Waals surface area contributed by atoms with Crippen molar-refractivity contribution in [2.45, 2.75) is 0 Å². The Morgan fingerprint density at radius 3 is 1.92 bits per heavy atom. The highest BCUT2D eigenvalue weighted by Crippen LogP contribution is 2.39.